The Bertz CT molecular complexity index is 1400. The normalized spacial score (nSPS) is 16.7. The van der Waals surface area contributed by atoms with Crippen molar-refractivity contribution in [3.63, 3.8) is 0 Å². The molecule has 0 radical (unpaired) electrons. The van der Waals surface area contributed by atoms with Gasteiger partial charge in [-0.15, -0.1) is 0 Å². The van der Waals surface area contributed by atoms with E-state index in [0.29, 0.717) is 36.5 Å². The quantitative estimate of drug-likeness (QED) is 0.447. The highest BCUT2D eigenvalue weighted by Gasteiger charge is 2.23. The first kappa shape index (κ1) is 19.2. The third-order valence-electron chi connectivity index (χ3n) is 5.87. The maximum Gasteiger partial charge on any atom is 0.332 e. The Hall–Kier alpha value is -3.82. The van der Waals surface area contributed by atoms with E-state index in [-0.39, 0.29) is 18.5 Å². The Morgan fingerprint density at radius 2 is 1.97 bits per heavy atom. The van der Waals surface area contributed by atoms with Crippen LogP contribution in [0.3, 0.4) is 0 Å². The number of carbonyl (C=O) groups excluding carboxylic acids is 1. The maximum atomic E-state index is 13.3. The van der Waals surface area contributed by atoms with Gasteiger partial charge in [-0.3, -0.25) is 18.7 Å². The SMILES string of the molecule is Cn1c(N[C@H]2CCC(=O)NC2)nc2c1c(=O)n(Cc1cc3ccccc3[nH]1)c(=O)n2C. The van der Waals surface area contributed by atoms with Crippen LogP contribution in [0, 0.1) is 0 Å². The van der Waals surface area contributed by atoms with E-state index in [2.05, 4.69) is 20.6 Å². The van der Waals surface area contributed by atoms with E-state index in [0.717, 1.165) is 16.6 Å². The second-order valence-electron chi connectivity index (χ2n) is 7.97. The van der Waals surface area contributed by atoms with Gasteiger partial charge in [0.15, 0.2) is 11.2 Å². The van der Waals surface area contributed by atoms with Crippen molar-refractivity contribution in [2.45, 2.75) is 25.4 Å². The van der Waals surface area contributed by atoms with E-state index >= 15 is 0 Å². The molecule has 31 heavy (non-hydrogen) atoms. The number of hydrogen-bond acceptors (Lipinski definition) is 5. The summed E-state index contributed by atoms with van der Waals surface area (Å²) in [6, 6.07) is 9.76. The number of benzene rings is 1. The lowest BCUT2D eigenvalue weighted by Crippen LogP contribution is -2.42. The molecule has 0 aliphatic carbocycles. The summed E-state index contributed by atoms with van der Waals surface area (Å²) in [6.45, 7) is 0.629. The number of aryl methyl sites for hydroxylation is 2. The average molecular weight is 421 g/mol. The van der Waals surface area contributed by atoms with Crippen LogP contribution in [0.2, 0.25) is 0 Å². The van der Waals surface area contributed by atoms with E-state index in [1.807, 2.05) is 30.3 Å². The van der Waals surface area contributed by atoms with Crippen LogP contribution < -0.4 is 21.9 Å². The molecule has 0 bridgehead atoms. The fraction of sp³-hybridized carbons (Fsp3) is 0.333. The van der Waals surface area contributed by atoms with Gasteiger partial charge in [0.1, 0.15) is 0 Å². The van der Waals surface area contributed by atoms with E-state index < -0.39 is 11.2 Å². The first-order chi connectivity index (χ1) is 14.9. The summed E-state index contributed by atoms with van der Waals surface area (Å²) < 4.78 is 4.29. The number of imidazole rings is 1. The molecule has 0 spiro atoms. The highest BCUT2D eigenvalue weighted by molar-refractivity contribution is 5.80. The van der Waals surface area contributed by atoms with Crippen molar-refractivity contribution in [2.24, 2.45) is 14.1 Å². The first-order valence-corrected chi connectivity index (χ1v) is 10.2. The van der Waals surface area contributed by atoms with Crippen LogP contribution in [-0.2, 0) is 25.4 Å². The van der Waals surface area contributed by atoms with Crippen LogP contribution in [0.4, 0.5) is 5.95 Å². The summed E-state index contributed by atoms with van der Waals surface area (Å²) in [7, 11) is 3.36. The van der Waals surface area contributed by atoms with E-state index in [4.69, 9.17) is 0 Å². The molecule has 0 saturated carbocycles. The molecule has 1 fully saturated rings. The van der Waals surface area contributed by atoms with Crippen LogP contribution in [0.5, 0.6) is 0 Å². The molecule has 4 heterocycles. The van der Waals surface area contributed by atoms with Gasteiger partial charge in [-0.1, -0.05) is 18.2 Å². The molecule has 1 aliphatic heterocycles. The van der Waals surface area contributed by atoms with Crippen molar-refractivity contribution < 1.29 is 4.79 Å². The number of rotatable bonds is 4. The summed E-state index contributed by atoms with van der Waals surface area (Å²) in [5.41, 5.74) is 1.59. The summed E-state index contributed by atoms with van der Waals surface area (Å²) in [6.07, 6.45) is 1.12. The number of anilines is 1. The monoisotopic (exact) mass is 421 g/mol. The molecule has 0 unspecified atom stereocenters. The molecule has 1 atom stereocenters. The lowest BCUT2D eigenvalue weighted by molar-refractivity contribution is -0.122. The Morgan fingerprint density at radius 3 is 2.71 bits per heavy atom. The van der Waals surface area contributed by atoms with Gasteiger partial charge < -0.3 is 20.2 Å². The van der Waals surface area contributed by atoms with Gasteiger partial charge >= 0.3 is 5.69 Å². The number of piperidine rings is 1. The smallest absolute Gasteiger partial charge is 0.332 e. The summed E-state index contributed by atoms with van der Waals surface area (Å²) in [5, 5.41) is 7.13. The highest BCUT2D eigenvalue weighted by atomic mass is 16.2. The van der Waals surface area contributed by atoms with Gasteiger partial charge in [0, 0.05) is 44.3 Å². The van der Waals surface area contributed by atoms with E-state index in [1.165, 1.54) is 9.13 Å². The number of aromatic amines is 1. The predicted molar refractivity (Wildman–Crippen MR) is 117 cm³/mol. The minimum absolute atomic E-state index is 0.0128. The van der Waals surface area contributed by atoms with Gasteiger partial charge in [-0.2, -0.15) is 4.98 Å². The molecule has 4 aromatic rings. The number of para-hydroxylation sites is 1. The third-order valence-corrected chi connectivity index (χ3v) is 5.87. The molecule has 1 amide bonds. The first-order valence-electron chi connectivity index (χ1n) is 10.2. The van der Waals surface area contributed by atoms with Crippen molar-refractivity contribution in [3.8, 4) is 0 Å². The van der Waals surface area contributed by atoms with Gasteiger partial charge in [-0.05, 0) is 23.9 Å². The van der Waals surface area contributed by atoms with Crippen molar-refractivity contribution in [1.29, 1.82) is 0 Å². The molecule has 1 aromatic carbocycles. The largest absolute Gasteiger partial charge is 0.357 e. The van der Waals surface area contributed by atoms with Gasteiger partial charge in [-0.25, -0.2) is 4.79 Å². The second kappa shape index (κ2) is 7.15. The Labute approximate surface area is 176 Å². The fourth-order valence-electron chi connectivity index (χ4n) is 4.14. The summed E-state index contributed by atoms with van der Waals surface area (Å²) >= 11 is 0. The fourth-order valence-corrected chi connectivity index (χ4v) is 4.14. The zero-order chi connectivity index (χ0) is 21.7. The van der Waals surface area contributed by atoms with E-state index in [1.54, 1.807) is 18.7 Å². The predicted octanol–water partition coefficient (Wildman–Crippen LogP) is 0.654. The highest BCUT2D eigenvalue weighted by Crippen LogP contribution is 2.18. The number of fused-ring (bicyclic) bond motifs is 2. The van der Waals surface area contributed by atoms with Crippen LogP contribution in [-0.4, -0.2) is 42.2 Å². The van der Waals surface area contributed by atoms with Crippen LogP contribution in [0.15, 0.2) is 39.9 Å². The molecule has 10 nitrogen and oxygen atoms in total. The van der Waals surface area contributed by atoms with Gasteiger partial charge in [0.2, 0.25) is 11.9 Å². The number of amides is 1. The van der Waals surface area contributed by atoms with Crippen LogP contribution in [0.25, 0.3) is 22.1 Å². The van der Waals surface area contributed by atoms with Crippen molar-refractivity contribution in [3.05, 3.63) is 56.9 Å². The zero-order valence-corrected chi connectivity index (χ0v) is 17.3. The zero-order valence-electron chi connectivity index (χ0n) is 17.3. The van der Waals surface area contributed by atoms with E-state index in [9.17, 15) is 14.4 Å². The molecule has 5 rings (SSSR count). The molecule has 1 saturated heterocycles. The summed E-state index contributed by atoms with van der Waals surface area (Å²) in [4.78, 5) is 45.4. The lowest BCUT2D eigenvalue weighted by Gasteiger charge is -2.23. The standard InChI is InChI=1S/C21H23N7O3/c1-26-17-18(25-20(26)24-13-7-8-16(29)22-10-13)27(2)21(31)28(19(17)30)11-14-9-12-5-3-4-6-15(12)23-14/h3-6,9,13,23H,7-8,10-11H2,1-2H3,(H,22,29)(H,24,25)/t13-/m0/s1. The number of nitrogens with one attached hydrogen (secondary N) is 3. The molecular weight excluding hydrogens is 398 g/mol. The maximum absolute atomic E-state index is 13.3. The number of H-pyrrole nitrogens is 1. The minimum Gasteiger partial charge on any atom is -0.357 e. The number of aromatic nitrogens is 5. The number of carbonyl (C=O) groups is 1. The Kier molecular flexibility index (Phi) is 4.42. The van der Waals surface area contributed by atoms with Crippen molar-refractivity contribution in [2.75, 3.05) is 11.9 Å². The molecule has 10 heteroatoms. The summed E-state index contributed by atoms with van der Waals surface area (Å²) in [5.74, 6) is 0.525. The van der Waals surface area contributed by atoms with Crippen molar-refractivity contribution >= 4 is 33.9 Å². The third kappa shape index (κ3) is 3.20. The number of nitrogens with zero attached hydrogens (tertiary/aromatic N) is 4. The average Bonchev–Trinajstić information content (AvgIpc) is 3.32. The van der Waals surface area contributed by atoms with Crippen LogP contribution in [0.1, 0.15) is 18.5 Å². The topological polar surface area (TPSA) is 119 Å². The Balaban J connectivity index is 1.55. The second-order valence-corrected chi connectivity index (χ2v) is 7.97. The minimum atomic E-state index is -0.425. The molecule has 3 aromatic heterocycles. The molecular formula is C21H23N7O3. The molecule has 1 aliphatic rings. The van der Waals surface area contributed by atoms with Gasteiger partial charge in [0.05, 0.1) is 6.54 Å². The van der Waals surface area contributed by atoms with Gasteiger partial charge in [0.25, 0.3) is 5.56 Å². The lowest BCUT2D eigenvalue weighted by atomic mass is 10.1. The van der Waals surface area contributed by atoms with Crippen molar-refractivity contribution in [1.82, 2.24) is 29.0 Å². The number of hydrogen-bond donors (Lipinski definition) is 3. The van der Waals surface area contributed by atoms with Crippen LogP contribution >= 0.6 is 0 Å². The Morgan fingerprint density at radius 1 is 1.16 bits per heavy atom. The molecule has 160 valence electrons. The molecule has 3 N–H and O–H groups in total.